The van der Waals surface area contributed by atoms with Gasteiger partial charge in [0.15, 0.2) is 5.79 Å². The summed E-state index contributed by atoms with van der Waals surface area (Å²) in [4.78, 5) is 0. The molecular weight excluding hydrogens is 771 g/mol. The van der Waals surface area contributed by atoms with Gasteiger partial charge in [0.1, 0.15) is 0 Å². The summed E-state index contributed by atoms with van der Waals surface area (Å²) in [5.74, 6) is -0.950. The summed E-state index contributed by atoms with van der Waals surface area (Å²) < 4.78 is 37.3. The molecule has 0 amide bonds. The Morgan fingerprint density at radius 1 is 0.390 bits per heavy atom. The molecule has 3 heterocycles. The van der Waals surface area contributed by atoms with Crippen LogP contribution in [0.5, 0.6) is 0 Å². The Morgan fingerprint density at radius 2 is 0.644 bits per heavy atom. The van der Waals surface area contributed by atoms with Gasteiger partial charge in [0.05, 0.1) is 22.7 Å². The molecule has 0 spiro atoms. The molecule has 1 saturated heterocycles. The number of hydrogen-bond donors (Lipinski definition) is 0. The standard InChI is InChI=1S/C49H44N4O4P2/c1-49(2)54-47(56-58-50(3)39-27-23-31-15-7-11-19-35(31)43(39)44-36-20-12-8-16-32(36)24-28-40(44)51(58)4)48(55-49)57-59-52(5)41-29-25-33-17-9-13-21-37(33)45(41)46-38-22-14-10-18-34(38)26-30-42(46)53(59)6/h7-30,47-48H,1-6H3/p+2. The lowest BCUT2D eigenvalue weighted by atomic mass is 9.91. The van der Waals surface area contributed by atoms with E-state index in [4.69, 9.17) is 18.5 Å². The zero-order valence-corrected chi connectivity index (χ0v) is 35.9. The van der Waals surface area contributed by atoms with Gasteiger partial charge in [-0.25, -0.2) is 18.7 Å². The zero-order valence-electron chi connectivity index (χ0n) is 33.9. The predicted octanol–water partition coefficient (Wildman–Crippen LogP) is 12.5. The molecule has 11 rings (SSSR count). The van der Waals surface area contributed by atoms with E-state index in [0.29, 0.717) is 0 Å². The Hall–Kier alpha value is -5.30. The van der Waals surface area contributed by atoms with E-state index in [1.54, 1.807) is 0 Å². The van der Waals surface area contributed by atoms with Gasteiger partial charge in [0.25, 0.3) is 12.6 Å². The molecule has 2 unspecified atom stereocenters. The first-order valence-corrected chi connectivity index (χ1v) is 22.7. The molecule has 8 aromatic carbocycles. The van der Waals surface area contributed by atoms with Crippen LogP contribution in [0.1, 0.15) is 13.8 Å². The molecule has 10 heteroatoms. The molecule has 0 radical (unpaired) electrons. The van der Waals surface area contributed by atoms with Gasteiger partial charge < -0.3 is 9.47 Å². The number of fused-ring (bicyclic) bond motifs is 14. The van der Waals surface area contributed by atoms with Gasteiger partial charge in [-0.1, -0.05) is 121 Å². The third-order valence-corrected chi connectivity index (χ3v) is 16.3. The molecule has 1 fully saturated rings. The van der Waals surface area contributed by atoms with Crippen LogP contribution in [0.2, 0.25) is 0 Å². The predicted molar refractivity (Wildman–Crippen MR) is 250 cm³/mol. The Labute approximate surface area is 346 Å². The highest BCUT2D eigenvalue weighted by Crippen LogP contribution is 2.63. The smallest absolute Gasteiger partial charge is 0.312 e. The number of hydrogen-bond acceptors (Lipinski definition) is 8. The monoisotopic (exact) mass is 816 g/mol. The van der Waals surface area contributed by atoms with E-state index in [2.05, 4.69) is 192 Å². The molecule has 8 aromatic rings. The topological polar surface area (TPSA) is 49.9 Å². The van der Waals surface area contributed by atoms with Gasteiger partial charge in [0.2, 0.25) is 0 Å². The van der Waals surface area contributed by atoms with Crippen LogP contribution in [-0.4, -0.2) is 46.6 Å². The second kappa shape index (κ2) is 13.9. The maximum absolute atomic E-state index is 7.30. The summed E-state index contributed by atoms with van der Waals surface area (Å²) >= 11 is 0. The number of rotatable bonds is 4. The number of nitrogens with zero attached hydrogens (tertiary/aromatic N) is 4. The van der Waals surface area contributed by atoms with E-state index in [1.165, 1.54) is 65.3 Å². The Kier molecular flexibility index (Phi) is 8.65. The van der Waals surface area contributed by atoms with E-state index in [1.807, 2.05) is 13.8 Å². The summed E-state index contributed by atoms with van der Waals surface area (Å²) in [5.41, 5.74) is 9.25. The molecule has 0 N–H and O–H groups in total. The van der Waals surface area contributed by atoms with Gasteiger partial charge >= 0.3 is 16.9 Å². The molecule has 0 aliphatic carbocycles. The van der Waals surface area contributed by atoms with E-state index in [-0.39, 0.29) is 0 Å². The van der Waals surface area contributed by atoms with Crippen molar-refractivity contribution in [1.29, 1.82) is 0 Å². The minimum absolute atomic E-state index is 0.815. The molecule has 0 aromatic heterocycles. The zero-order chi connectivity index (χ0) is 40.2. The first-order valence-electron chi connectivity index (χ1n) is 20.1. The van der Waals surface area contributed by atoms with Crippen molar-refractivity contribution in [1.82, 2.24) is 0 Å². The second-order valence-corrected chi connectivity index (χ2v) is 20.4. The maximum atomic E-state index is 7.30. The minimum atomic E-state index is -2.02. The van der Waals surface area contributed by atoms with E-state index in [0.717, 1.165) is 22.7 Å². The normalized spacial score (nSPS) is 19.2. The molecule has 8 nitrogen and oxygen atoms in total. The Bertz CT molecular complexity index is 2600. The summed E-state index contributed by atoms with van der Waals surface area (Å²) in [5, 5.41) is 9.63. The summed E-state index contributed by atoms with van der Waals surface area (Å²) in [6.45, 7) is 3.88. The van der Waals surface area contributed by atoms with Crippen LogP contribution in [-0.2, 0) is 18.5 Å². The summed E-state index contributed by atoms with van der Waals surface area (Å²) in [7, 11) is 4.54. The second-order valence-electron chi connectivity index (χ2n) is 16.1. The fourth-order valence-corrected chi connectivity index (χ4v) is 13.3. The van der Waals surface area contributed by atoms with Crippen molar-refractivity contribution >= 4 is 82.7 Å². The Balaban J connectivity index is 1.01. The van der Waals surface area contributed by atoms with Crippen molar-refractivity contribution in [3.05, 3.63) is 146 Å². The molecule has 294 valence electrons. The third kappa shape index (κ3) is 5.81. The van der Waals surface area contributed by atoms with Crippen molar-refractivity contribution < 1.29 is 18.5 Å². The van der Waals surface area contributed by atoms with Crippen LogP contribution in [0.3, 0.4) is 0 Å². The van der Waals surface area contributed by atoms with E-state index >= 15 is 0 Å². The molecule has 0 bridgehead atoms. The number of benzene rings is 8. The summed E-state index contributed by atoms with van der Waals surface area (Å²) in [6.07, 6.45) is -1.63. The molecule has 0 saturated carbocycles. The fourth-order valence-electron chi connectivity index (χ4n) is 9.45. The van der Waals surface area contributed by atoms with Crippen LogP contribution in [0, 0.1) is 0 Å². The SMILES string of the molecule is CN1c2ccc3ccccc3c2-c2c(ccc3ccccc23)N(C)[PH+]1OC1OC(C)(C)OC1O[PH+]1N(C)c2ccc3ccccc3c2-c2c(ccc3ccccc23)N1C. The largest absolute Gasteiger partial charge is 0.324 e. The quantitative estimate of drug-likeness (QED) is 0.163. The Morgan fingerprint density at radius 3 is 0.915 bits per heavy atom. The lowest BCUT2D eigenvalue weighted by Crippen LogP contribution is -2.34. The van der Waals surface area contributed by atoms with Crippen molar-refractivity contribution in [3.8, 4) is 22.3 Å². The van der Waals surface area contributed by atoms with Gasteiger partial charge in [-0.05, 0) is 81.2 Å². The lowest BCUT2D eigenvalue weighted by molar-refractivity contribution is -0.173. The van der Waals surface area contributed by atoms with Crippen LogP contribution < -0.4 is 18.7 Å². The van der Waals surface area contributed by atoms with Gasteiger partial charge in [-0.2, -0.15) is 9.05 Å². The van der Waals surface area contributed by atoms with Crippen LogP contribution in [0.25, 0.3) is 65.3 Å². The summed E-state index contributed by atoms with van der Waals surface area (Å²) in [6, 6.07) is 52.5. The van der Waals surface area contributed by atoms with Crippen LogP contribution >= 0.6 is 16.9 Å². The average molecular weight is 817 g/mol. The first-order chi connectivity index (χ1) is 28.7. The molecule has 59 heavy (non-hydrogen) atoms. The molecule has 2 atom stereocenters. The molecular formula is C49H46N4O4P2+2. The maximum Gasteiger partial charge on any atom is 0.324 e. The average Bonchev–Trinajstić information content (AvgIpc) is 3.47. The van der Waals surface area contributed by atoms with Crippen LogP contribution in [0.15, 0.2) is 146 Å². The van der Waals surface area contributed by atoms with Crippen molar-refractivity contribution in [2.24, 2.45) is 0 Å². The van der Waals surface area contributed by atoms with Gasteiger partial charge in [0, 0.05) is 50.4 Å². The molecule has 3 aliphatic heterocycles. The van der Waals surface area contributed by atoms with Crippen molar-refractivity contribution in [2.75, 3.05) is 46.9 Å². The minimum Gasteiger partial charge on any atom is -0.312 e. The van der Waals surface area contributed by atoms with Crippen molar-refractivity contribution in [2.45, 2.75) is 32.2 Å². The third-order valence-electron chi connectivity index (χ3n) is 12.2. The highest BCUT2D eigenvalue weighted by molar-refractivity contribution is 7.56. The first kappa shape index (κ1) is 36.8. The van der Waals surface area contributed by atoms with E-state index < -0.39 is 35.3 Å². The van der Waals surface area contributed by atoms with E-state index in [9.17, 15) is 0 Å². The van der Waals surface area contributed by atoms with Gasteiger partial charge in [-0.3, -0.25) is 0 Å². The lowest BCUT2D eigenvalue weighted by Gasteiger charge is -2.30. The number of ether oxygens (including phenoxy) is 2. The highest BCUT2D eigenvalue weighted by atomic mass is 31.2. The van der Waals surface area contributed by atoms with Crippen molar-refractivity contribution in [3.63, 3.8) is 0 Å². The molecule has 3 aliphatic rings. The number of anilines is 4. The van der Waals surface area contributed by atoms with Crippen LogP contribution in [0.4, 0.5) is 22.7 Å². The fraction of sp³-hybridized carbons (Fsp3) is 0.184. The highest BCUT2D eigenvalue weighted by Gasteiger charge is 2.54. The van der Waals surface area contributed by atoms with Gasteiger partial charge in [-0.15, -0.1) is 0 Å².